The van der Waals surface area contributed by atoms with E-state index >= 15 is 0 Å². The minimum absolute atomic E-state index is 0.143. The highest BCUT2D eigenvalue weighted by Gasteiger charge is 2.24. The summed E-state index contributed by atoms with van der Waals surface area (Å²) in [7, 11) is 0. The van der Waals surface area contributed by atoms with Crippen molar-refractivity contribution in [2.75, 3.05) is 0 Å². The first-order valence-corrected chi connectivity index (χ1v) is 6.11. The highest BCUT2D eigenvalue weighted by molar-refractivity contribution is 5.84. The lowest BCUT2D eigenvalue weighted by molar-refractivity contribution is -0.138. The van der Waals surface area contributed by atoms with Gasteiger partial charge in [-0.25, -0.2) is 0 Å². The first kappa shape index (κ1) is 12.6. The molecule has 2 heteroatoms. The van der Waals surface area contributed by atoms with Crippen molar-refractivity contribution in [3.8, 4) is 0 Å². The highest BCUT2D eigenvalue weighted by atomic mass is 16.4. The summed E-state index contributed by atoms with van der Waals surface area (Å²) < 4.78 is 0. The predicted molar refractivity (Wildman–Crippen MR) is 74.0 cm³/mol. The number of rotatable bonds is 3. The van der Waals surface area contributed by atoms with E-state index in [1.165, 1.54) is 10.9 Å². The average molecular weight is 242 g/mol. The third kappa shape index (κ3) is 2.53. The van der Waals surface area contributed by atoms with Crippen molar-refractivity contribution in [1.82, 2.24) is 0 Å². The Morgan fingerprint density at radius 2 is 1.72 bits per heavy atom. The predicted octanol–water partition coefficient (Wildman–Crippen LogP) is 3.90. The zero-order chi connectivity index (χ0) is 13.3. The monoisotopic (exact) mass is 242 g/mol. The van der Waals surface area contributed by atoms with Crippen molar-refractivity contribution in [3.63, 3.8) is 0 Å². The molecule has 0 amide bonds. The first-order chi connectivity index (χ1) is 8.38. The van der Waals surface area contributed by atoms with E-state index in [1.54, 1.807) is 0 Å². The Morgan fingerprint density at radius 3 is 2.39 bits per heavy atom. The van der Waals surface area contributed by atoms with Crippen LogP contribution in [-0.2, 0) is 10.2 Å². The van der Waals surface area contributed by atoms with Gasteiger partial charge in [0.1, 0.15) is 0 Å². The number of carboxylic acid groups (broad SMARTS) is 1. The molecule has 0 saturated heterocycles. The molecule has 0 radical (unpaired) electrons. The van der Waals surface area contributed by atoms with Gasteiger partial charge in [-0.2, -0.15) is 0 Å². The molecule has 0 atom stereocenters. The third-order valence-electron chi connectivity index (χ3n) is 3.37. The molecule has 0 aromatic heterocycles. The van der Waals surface area contributed by atoms with E-state index < -0.39 is 5.97 Å². The minimum Gasteiger partial charge on any atom is -0.481 e. The van der Waals surface area contributed by atoms with Crippen LogP contribution in [0.2, 0.25) is 0 Å². The van der Waals surface area contributed by atoms with Crippen molar-refractivity contribution >= 4 is 16.7 Å². The molecule has 2 aromatic carbocycles. The Kier molecular flexibility index (Phi) is 3.12. The summed E-state index contributed by atoms with van der Waals surface area (Å²) in [4.78, 5) is 10.9. The van der Waals surface area contributed by atoms with Crippen LogP contribution in [0.4, 0.5) is 0 Å². The van der Waals surface area contributed by atoms with E-state index in [9.17, 15) is 4.79 Å². The van der Waals surface area contributed by atoms with Crippen LogP contribution >= 0.6 is 0 Å². The van der Waals surface area contributed by atoms with E-state index in [1.807, 2.05) is 19.9 Å². The fourth-order valence-electron chi connectivity index (χ4n) is 2.27. The highest BCUT2D eigenvalue weighted by Crippen LogP contribution is 2.29. The van der Waals surface area contributed by atoms with E-state index in [2.05, 4.69) is 37.3 Å². The number of carboxylic acids is 1. The van der Waals surface area contributed by atoms with Gasteiger partial charge in [0.05, 0.1) is 6.42 Å². The fourth-order valence-corrected chi connectivity index (χ4v) is 2.27. The molecular formula is C16H18O2. The first-order valence-electron chi connectivity index (χ1n) is 6.11. The van der Waals surface area contributed by atoms with Crippen LogP contribution < -0.4 is 0 Å². The lowest BCUT2D eigenvalue weighted by Crippen LogP contribution is -2.21. The maximum absolute atomic E-state index is 10.9. The molecule has 0 saturated carbocycles. The molecule has 18 heavy (non-hydrogen) atoms. The molecule has 0 unspecified atom stereocenters. The largest absolute Gasteiger partial charge is 0.481 e. The molecule has 2 nitrogen and oxygen atoms in total. The third-order valence-corrected chi connectivity index (χ3v) is 3.37. The van der Waals surface area contributed by atoms with Gasteiger partial charge in [-0.3, -0.25) is 4.79 Å². The number of hydrogen-bond acceptors (Lipinski definition) is 1. The topological polar surface area (TPSA) is 37.3 Å². The summed E-state index contributed by atoms with van der Waals surface area (Å²) in [5, 5.41) is 11.3. The average Bonchev–Trinajstić information content (AvgIpc) is 2.26. The quantitative estimate of drug-likeness (QED) is 0.886. The Hall–Kier alpha value is -1.83. The number of aryl methyl sites for hydroxylation is 1. The van der Waals surface area contributed by atoms with Gasteiger partial charge in [-0.15, -0.1) is 0 Å². The molecule has 0 heterocycles. The Balaban J connectivity index is 2.47. The zero-order valence-electron chi connectivity index (χ0n) is 11.0. The van der Waals surface area contributed by atoms with Crippen LogP contribution in [0.5, 0.6) is 0 Å². The van der Waals surface area contributed by atoms with Crippen molar-refractivity contribution < 1.29 is 9.90 Å². The molecule has 1 N–H and O–H groups in total. The van der Waals surface area contributed by atoms with Crippen molar-refractivity contribution in [2.45, 2.75) is 32.6 Å². The van der Waals surface area contributed by atoms with Crippen LogP contribution in [0.1, 0.15) is 31.4 Å². The molecule has 0 aliphatic carbocycles. The second kappa shape index (κ2) is 4.45. The smallest absolute Gasteiger partial charge is 0.304 e. The van der Waals surface area contributed by atoms with E-state index in [0.29, 0.717) is 0 Å². The van der Waals surface area contributed by atoms with Crippen LogP contribution in [0.3, 0.4) is 0 Å². The summed E-state index contributed by atoms with van der Waals surface area (Å²) in [5.74, 6) is -0.760. The lowest BCUT2D eigenvalue weighted by atomic mass is 9.81. The molecule has 0 fully saturated rings. The summed E-state index contributed by atoms with van der Waals surface area (Å²) in [6.07, 6.45) is 0.143. The molecule has 2 aromatic rings. The molecule has 0 bridgehead atoms. The van der Waals surface area contributed by atoms with Gasteiger partial charge in [-0.1, -0.05) is 55.8 Å². The Bertz CT molecular complexity index is 597. The van der Waals surface area contributed by atoms with Gasteiger partial charge in [-0.05, 0) is 23.3 Å². The van der Waals surface area contributed by atoms with Gasteiger partial charge in [0.2, 0.25) is 0 Å². The molecule has 94 valence electrons. The zero-order valence-corrected chi connectivity index (χ0v) is 11.0. The number of carbonyl (C=O) groups is 1. The standard InChI is InChI=1S/C16H18O2/c1-11-4-5-13-9-14(7-6-12(13)8-11)16(2,3)10-15(17)18/h4-9H,10H2,1-3H3,(H,17,18). The SMILES string of the molecule is Cc1ccc2cc(C(C)(C)CC(=O)O)ccc2c1. The number of fused-ring (bicyclic) bond motifs is 1. The van der Waals surface area contributed by atoms with E-state index in [-0.39, 0.29) is 11.8 Å². The van der Waals surface area contributed by atoms with Crippen LogP contribution in [0, 0.1) is 6.92 Å². The second-order valence-corrected chi connectivity index (χ2v) is 5.52. The summed E-state index contributed by atoms with van der Waals surface area (Å²) in [6, 6.07) is 12.5. The Morgan fingerprint density at radius 1 is 1.11 bits per heavy atom. The van der Waals surface area contributed by atoms with Gasteiger partial charge < -0.3 is 5.11 Å². The Labute approximate surface area is 107 Å². The summed E-state index contributed by atoms with van der Waals surface area (Å²) in [6.45, 7) is 6.01. The molecule has 0 aliphatic rings. The molecule has 0 aliphatic heterocycles. The van der Waals surface area contributed by atoms with Gasteiger partial charge in [0.25, 0.3) is 0 Å². The minimum atomic E-state index is -0.760. The van der Waals surface area contributed by atoms with Crippen molar-refractivity contribution in [2.24, 2.45) is 0 Å². The number of aliphatic carboxylic acids is 1. The van der Waals surface area contributed by atoms with Gasteiger partial charge in [0, 0.05) is 5.41 Å². The van der Waals surface area contributed by atoms with E-state index in [0.717, 1.165) is 10.9 Å². The second-order valence-electron chi connectivity index (χ2n) is 5.52. The lowest BCUT2D eigenvalue weighted by Gasteiger charge is -2.23. The van der Waals surface area contributed by atoms with Gasteiger partial charge in [0.15, 0.2) is 0 Å². The maximum atomic E-state index is 10.9. The summed E-state index contributed by atoms with van der Waals surface area (Å²) >= 11 is 0. The van der Waals surface area contributed by atoms with E-state index in [4.69, 9.17) is 5.11 Å². The number of benzene rings is 2. The van der Waals surface area contributed by atoms with Crippen molar-refractivity contribution in [3.05, 3.63) is 47.5 Å². The van der Waals surface area contributed by atoms with Crippen LogP contribution in [0.25, 0.3) is 10.8 Å². The fraction of sp³-hybridized carbons (Fsp3) is 0.312. The molecule has 0 spiro atoms. The van der Waals surface area contributed by atoms with Crippen molar-refractivity contribution in [1.29, 1.82) is 0 Å². The maximum Gasteiger partial charge on any atom is 0.304 e. The molecule has 2 rings (SSSR count). The summed E-state index contributed by atoms with van der Waals surface area (Å²) in [5.41, 5.74) is 1.96. The van der Waals surface area contributed by atoms with Crippen LogP contribution in [0.15, 0.2) is 36.4 Å². The normalized spacial score (nSPS) is 11.7. The van der Waals surface area contributed by atoms with Gasteiger partial charge >= 0.3 is 5.97 Å². The molecular weight excluding hydrogens is 224 g/mol. The van der Waals surface area contributed by atoms with Crippen LogP contribution in [-0.4, -0.2) is 11.1 Å². The number of hydrogen-bond donors (Lipinski definition) is 1.